The molecule has 176 valence electrons. The highest BCUT2D eigenvalue weighted by atomic mass is 16.6. The zero-order chi connectivity index (χ0) is 24.2. The molecular formula is C28H28O6. The van der Waals surface area contributed by atoms with E-state index in [1.165, 1.54) is 7.11 Å². The minimum absolute atomic E-state index is 0.00427. The van der Waals surface area contributed by atoms with Gasteiger partial charge in [0.1, 0.15) is 30.3 Å². The first kappa shape index (κ1) is 23.4. The standard InChI is InChI=1S/C28H28O6/c1-17(2)12-22(29)21-10-11-23-25(27(21)31-4)28(30)33-16-20-13-18(3)14-24(26(20)34-23)32-15-19-8-6-5-7-9-19/h5-11,13-14,17H,12,15-16H2,1-4H3. The fraction of sp³-hybridized carbons (Fsp3) is 0.286. The van der Waals surface area contributed by atoms with Crippen LogP contribution in [-0.4, -0.2) is 18.9 Å². The van der Waals surface area contributed by atoms with Crippen molar-refractivity contribution >= 4 is 11.8 Å². The average molecular weight is 461 g/mol. The molecule has 1 heterocycles. The quantitative estimate of drug-likeness (QED) is 0.305. The Morgan fingerprint density at radius 2 is 1.85 bits per heavy atom. The summed E-state index contributed by atoms with van der Waals surface area (Å²) in [4.78, 5) is 25.8. The van der Waals surface area contributed by atoms with E-state index in [2.05, 4.69) is 0 Å². The maximum Gasteiger partial charge on any atom is 0.346 e. The van der Waals surface area contributed by atoms with Gasteiger partial charge >= 0.3 is 5.97 Å². The van der Waals surface area contributed by atoms with Crippen molar-refractivity contribution in [1.82, 2.24) is 0 Å². The zero-order valence-electron chi connectivity index (χ0n) is 19.8. The molecule has 4 rings (SSSR count). The van der Waals surface area contributed by atoms with Gasteiger partial charge in [-0.2, -0.15) is 0 Å². The van der Waals surface area contributed by atoms with Crippen molar-refractivity contribution in [3.8, 4) is 23.0 Å². The van der Waals surface area contributed by atoms with Crippen molar-refractivity contribution in [2.75, 3.05) is 7.11 Å². The van der Waals surface area contributed by atoms with Gasteiger partial charge in [-0.15, -0.1) is 0 Å². The van der Waals surface area contributed by atoms with E-state index >= 15 is 0 Å². The van der Waals surface area contributed by atoms with Crippen LogP contribution in [-0.2, 0) is 18.0 Å². The van der Waals surface area contributed by atoms with Crippen LogP contribution >= 0.6 is 0 Å². The Kier molecular flexibility index (Phi) is 6.87. The van der Waals surface area contributed by atoms with E-state index in [0.29, 0.717) is 35.7 Å². The van der Waals surface area contributed by atoms with Gasteiger partial charge in [0, 0.05) is 12.0 Å². The Hall–Kier alpha value is -3.80. The number of aryl methyl sites for hydroxylation is 1. The van der Waals surface area contributed by atoms with Crippen molar-refractivity contribution in [3.63, 3.8) is 0 Å². The molecule has 0 bridgehead atoms. The first-order valence-electron chi connectivity index (χ1n) is 11.3. The summed E-state index contributed by atoms with van der Waals surface area (Å²) in [7, 11) is 1.43. The van der Waals surface area contributed by atoms with Crippen LogP contribution in [0.25, 0.3) is 0 Å². The minimum Gasteiger partial charge on any atom is -0.495 e. The molecule has 0 aliphatic carbocycles. The molecule has 1 aliphatic heterocycles. The third-order valence-corrected chi connectivity index (χ3v) is 5.51. The van der Waals surface area contributed by atoms with E-state index < -0.39 is 5.97 Å². The monoisotopic (exact) mass is 460 g/mol. The summed E-state index contributed by atoms with van der Waals surface area (Å²) < 4.78 is 23.5. The summed E-state index contributed by atoms with van der Waals surface area (Å²) in [5.74, 6) is 0.882. The number of Topliss-reactive ketones (excluding diaryl/α,β-unsaturated/α-hetero) is 1. The van der Waals surface area contributed by atoms with E-state index in [9.17, 15) is 9.59 Å². The third-order valence-electron chi connectivity index (χ3n) is 5.51. The fourth-order valence-electron chi connectivity index (χ4n) is 3.96. The minimum atomic E-state index is -0.607. The van der Waals surface area contributed by atoms with E-state index in [1.807, 2.05) is 63.2 Å². The van der Waals surface area contributed by atoms with E-state index in [0.717, 1.165) is 11.1 Å². The summed E-state index contributed by atoms with van der Waals surface area (Å²) in [6, 6.07) is 16.9. The van der Waals surface area contributed by atoms with Gasteiger partial charge in [-0.25, -0.2) is 4.79 Å². The molecule has 0 aromatic heterocycles. The van der Waals surface area contributed by atoms with Crippen molar-refractivity contribution in [3.05, 3.63) is 82.4 Å². The number of hydrogen-bond acceptors (Lipinski definition) is 6. The van der Waals surface area contributed by atoms with Gasteiger partial charge in [0.25, 0.3) is 0 Å². The van der Waals surface area contributed by atoms with E-state index in [4.69, 9.17) is 18.9 Å². The maximum atomic E-state index is 13.0. The van der Waals surface area contributed by atoms with Gasteiger partial charge in [-0.05, 0) is 48.2 Å². The number of esters is 1. The molecule has 6 nitrogen and oxygen atoms in total. The second-order valence-corrected chi connectivity index (χ2v) is 8.74. The van der Waals surface area contributed by atoms with Gasteiger partial charge in [-0.1, -0.05) is 44.2 Å². The highest BCUT2D eigenvalue weighted by molar-refractivity contribution is 6.05. The number of cyclic esters (lactones) is 1. The fourth-order valence-corrected chi connectivity index (χ4v) is 3.96. The van der Waals surface area contributed by atoms with Crippen LogP contribution in [0.2, 0.25) is 0 Å². The molecule has 6 heteroatoms. The lowest BCUT2D eigenvalue weighted by atomic mass is 9.97. The predicted octanol–water partition coefficient (Wildman–Crippen LogP) is 6.27. The Bertz CT molecular complexity index is 1210. The lowest BCUT2D eigenvalue weighted by molar-refractivity contribution is 0.0454. The van der Waals surface area contributed by atoms with Crippen molar-refractivity contribution in [1.29, 1.82) is 0 Å². The number of ketones is 1. The number of benzene rings is 3. The third kappa shape index (κ3) is 4.91. The molecule has 0 saturated heterocycles. The smallest absolute Gasteiger partial charge is 0.346 e. The van der Waals surface area contributed by atoms with Crippen LogP contribution in [0.1, 0.15) is 57.7 Å². The van der Waals surface area contributed by atoms with Gasteiger partial charge in [0.2, 0.25) is 0 Å². The SMILES string of the molecule is COc1c(C(=O)CC(C)C)ccc2c1C(=O)OCc1cc(C)cc(OCc3ccccc3)c1O2. The van der Waals surface area contributed by atoms with Crippen LogP contribution in [0.5, 0.6) is 23.0 Å². The molecule has 3 aromatic carbocycles. The van der Waals surface area contributed by atoms with Crippen molar-refractivity contribution in [2.24, 2.45) is 5.92 Å². The molecule has 3 aromatic rings. The summed E-state index contributed by atoms with van der Waals surface area (Å²) in [5.41, 5.74) is 3.10. The number of rotatable bonds is 7. The molecule has 0 spiro atoms. The van der Waals surface area contributed by atoms with Gasteiger partial charge in [-0.3, -0.25) is 4.79 Å². The lowest BCUT2D eigenvalue weighted by Gasteiger charge is -2.23. The molecule has 0 fully saturated rings. The van der Waals surface area contributed by atoms with Crippen molar-refractivity contribution < 1.29 is 28.5 Å². The van der Waals surface area contributed by atoms with Crippen LogP contribution in [0.4, 0.5) is 0 Å². The molecule has 0 radical (unpaired) electrons. The van der Waals surface area contributed by atoms with E-state index in [1.54, 1.807) is 12.1 Å². The Balaban J connectivity index is 1.75. The molecule has 0 unspecified atom stereocenters. The second-order valence-electron chi connectivity index (χ2n) is 8.74. The van der Waals surface area contributed by atoms with E-state index in [-0.39, 0.29) is 35.4 Å². The van der Waals surface area contributed by atoms with Gasteiger partial charge in [0.05, 0.1) is 12.7 Å². The van der Waals surface area contributed by atoms with Crippen molar-refractivity contribution in [2.45, 2.75) is 40.4 Å². The highest BCUT2D eigenvalue weighted by Crippen LogP contribution is 2.43. The first-order chi connectivity index (χ1) is 16.4. The second kappa shape index (κ2) is 10.00. The van der Waals surface area contributed by atoms with Crippen LogP contribution in [0.15, 0.2) is 54.6 Å². The Labute approximate surface area is 199 Å². The average Bonchev–Trinajstić information content (AvgIpc) is 2.81. The zero-order valence-corrected chi connectivity index (χ0v) is 19.8. The normalized spacial score (nSPS) is 12.6. The molecule has 0 atom stereocenters. The topological polar surface area (TPSA) is 71.1 Å². The number of methoxy groups -OCH3 is 1. The summed E-state index contributed by atoms with van der Waals surface area (Å²) in [6.07, 6.45) is 0.338. The first-order valence-corrected chi connectivity index (χ1v) is 11.3. The number of hydrogen-bond donors (Lipinski definition) is 0. The number of ether oxygens (including phenoxy) is 4. The molecule has 0 amide bonds. The van der Waals surface area contributed by atoms with Crippen LogP contribution < -0.4 is 14.2 Å². The molecule has 0 saturated carbocycles. The summed E-state index contributed by atoms with van der Waals surface area (Å²) in [6.45, 7) is 6.24. The summed E-state index contributed by atoms with van der Waals surface area (Å²) in [5, 5.41) is 0. The Morgan fingerprint density at radius 3 is 2.56 bits per heavy atom. The number of carbonyl (C=O) groups is 2. The predicted molar refractivity (Wildman–Crippen MR) is 128 cm³/mol. The molecule has 1 aliphatic rings. The highest BCUT2D eigenvalue weighted by Gasteiger charge is 2.30. The van der Waals surface area contributed by atoms with Gasteiger partial charge in [0.15, 0.2) is 17.3 Å². The molecular weight excluding hydrogens is 432 g/mol. The molecule has 0 N–H and O–H groups in total. The van der Waals surface area contributed by atoms with Crippen LogP contribution in [0.3, 0.4) is 0 Å². The number of fused-ring (bicyclic) bond motifs is 2. The lowest BCUT2D eigenvalue weighted by Crippen LogP contribution is -2.16. The molecule has 34 heavy (non-hydrogen) atoms. The van der Waals surface area contributed by atoms with Crippen LogP contribution in [0, 0.1) is 12.8 Å². The van der Waals surface area contributed by atoms with Gasteiger partial charge < -0.3 is 18.9 Å². The Morgan fingerprint density at radius 1 is 1.09 bits per heavy atom. The number of carbonyl (C=O) groups excluding carboxylic acids is 2. The summed E-state index contributed by atoms with van der Waals surface area (Å²) >= 11 is 0. The largest absolute Gasteiger partial charge is 0.495 e. The maximum absolute atomic E-state index is 13.0.